The van der Waals surface area contributed by atoms with Gasteiger partial charge in [0.15, 0.2) is 0 Å². The molecule has 0 heterocycles. The Balaban J connectivity index is 2.42. The molecule has 1 aromatic rings. The summed E-state index contributed by atoms with van der Waals surface area (Å²) >= 11 is 0. The van der Waals surface area contributed by atoms with Gasteiger partial charge in [0.05, 0.1) is 0 Å². The Labute approximate surface area is 96.9 Å². The van der Waals surface area contributed by atoms with Crippen molar-refractivity contribution in [2.24, 2.45) is 5.73 Å². The number of hydrogen-bond acceptors (Lipinski definition) is 1. The highest BCUT2D eigenvalue weighted by Crippen LogP contribution is 2.44. The zero-order valence-electron chi connectivity index (χ0n) is 10.1. The van der Waals surface area contributed by atoms with Gasteiger partial charge in [-0.25, -0.2) is 4.39 Å². The smallest absolute Gasteiger partial charge is 0.122 e. The molecule has 0 aliphatic heterocycles. The van der Waals surface area contributed by atoms with Crippen LogP contribution in [-0.2, 0) is 5.41 Å². The predicted octanol–water partition coefficient (Wildman–Crippen LogP) is 3.41. The number of nitrogens with two attached hydrogens (primary N) is 1. The van der Waals surface area contributed by atoms with E-state index in [-0.39, 0.29) is 5.41 Å². The minimum Gasteiger partial charge on any atom is -0.330 e. The van der Waals surface area contributed by atoms with Crippen LogP contribution in [0.15, 0.2) is 18.2 Å². The first kappa shape index (κ1) is 11.6. The molecule has 0 saturated heterocycles. The average Bonchev–Trinajstić information content (AvgIpc) is 2.19. The fraction of sp³-hybridized carbons (Fsp3) is 0.571. The molecule has 0 bridgehead atoms. The van der Waals surface area contributed by atoms with Crippen molar-refractivity contribution in [3.8, 4) is 0 Å². The van der Waals surface area contributed by atoms with Crippen LogP contribution in [0.4, 0.5) is 4.39 Å². The summed E-state index contributed by atoms with van der Waals surface area (Å²) in [6, 6.07) is 5.93. The minimum atomic E-state index is -0.894. The quantitative estimate of drug-likeness (QED) is 0.831. The van der Waals surface area contributed by atoms with Crippen molar-refractivity contribution in [3.05, 3.63) is 34.9 Å². The van der Waals surface area contributed by atoms with Gasteiger partial charge in [-0.3, -0.25) is 0 Å². The van der Waals surface area contributed by atoms with E-state index in [4.69, 9.17) is 5.73 Å². The Kier molecular flexibility index (Phi) is 3.02. The maximum Gasteiger partial charge on any atom is 0.122 e. The van der Waals surface area contributed by atoms with E-state index >= 15 is 0 Å². The van der Waals surface area contributed by atoms with E-state index in [1.54, 1.807) is 6.92 Å². The van der Waals surface area contributed by atoms with Gasteiger partial charge in [0.2, 0.25) is 0 Å². The minimum absolute atomic E-state index is 0.134. The summed E-state index contributed by atoms with van der Waals surface area (Å²) in [7, 11) is 0. The molecule has 0 aromatic heterocycles. The van der Waals surface area contributed by atoms with Crippen molar-refractivity contribution in [1.82, 2.24) is 0 Å². The molecule has 0 spiro atoms. The second-order valence-electron chi connectivity index (χ2n) is 5.03. The Hall–Kier alpha value is -0.890. The molecular formula is C14H20FN. The van der Waals surface area contributed by atoms with Crippen molar-refractivity contribution in [2.75, 3.05) is 6.54 Å². The number of aryl methyl sites for hydroxylation is 1. The lowest BCUT2D eigenvalue weighted by atomic mass is 9.63. The molecule has 1 aliphatic carbocycles. The molecule has 2 N–H and O–H groups in total. The van der Waals surface area contributed by atoms with Gasteiger partial charge < -0.3 is 5.73 Å². The Morgan fingerprint density at radius 2 is 2.12 bits per heavy atom. The van der Waals surface area contributed by atoms with Crippen molar-refractivity contribution in [3.63, 3.8) is 0 Å². The molecule has 1 nitrogen and oxygen atoms in total. The number of halogens is 1. The van der Waals surface area contributed by atoms with Crippen LogP contribution in [0.25, 0.3) is 0 Å². The summed E-state index contributed by atoms with van der Waals surface area (Å²) in [5.41, 5.74) is 9.33. The zero-order valence-corrected chi connectivity index (χ0v) is 10.1. The summed E-state index contributed by atoms with van der Waals surface area (Å²) in [5, 5.41) is 0. The van der Waals surface area contributed by atoms with E-state index in [1.165, 1.54) is 17.5 Å². The van der Waals surface area contributed by atoms with Gasteiger partial charge >= 0.3 is 0 Å². The van der Waals surface area contributed by atoms with Gasteiger partial charge in [0.1, 0.15) is 6.17 Å². The van der Waals surface area contributed by atoms with E-state index < -0.39 is 6.17 Å². The van der Waals surface area contributed by atoms with Crippen molar-refractivity contribution in [2.45, 2.75) is 44.7 Å². The summed E-state index contributed by atoms with van der Waals surface area (Å²) in [4.78, 5) is 0. The van der Waals surface area contributed by atoms with Gasteiger partial charge in [-0.05, 0) is 43.4 Å². The number of benzene rings is 1. The molecule has 88 valence electrons. The summed E-state index contributed by atoms with van der Waals surface area (Å²) < 4.78 is 13.3. The summed E-state index contributed by atoms with van der Waals surface area (Å²) in [5.74, 6) is 0. The van der Waals surface area contributed by atoms with E-state index in [0.29, 0.717) is 6.54 Å². The lowest BCUT2D eigenvalue weighted by Gasteiger charge is -2.42. The van der Waals surface area contributed by atoms with Gasteiger partial charge in [0.25, 0.3) is 0 Å². The predicted molar refractivity (Wildman–Crippen MR) is 65.3 cm³/mol. The molecule has 0 radical (unpaired) electrons. The molecular weight excluding hydrogens is 201 g/mol. The number of rotatable bonds is 3. The molecule has 1 saturated carbocycles. The molecule has 1 aromatic carbocycles. The fourth-order valence-corrected chi connectivity index (χ4v) is 2.65. The van der Waals surface area contributed by atoms with E-state index in [2.05, 4.69) is 6.92 Å². The Morgan fingerprint density at radius 1 is 1.44 bits per heavy atom. The van der Waals surface area contributed by atoms with Crippen molar-refractivity contribution < 1.29 is 4.39 Å². The maximum absolute atomic E-state index is 13.3. The highest BCUT2D eigenvalue weighted by molar-refractivity contribution is 5.39. The summed E-state index contributed by atoms with van der Waals surface area (Å²) in [6.07, 6.45) is 2.64. The van der Waals surface area contributed by atoms with E-state index in [1.807, 2.05) is 18.2 Å². The van der Waals surface area contributed by atoms with Crippen LogP contribution in [0.1, 0.15) is 49.0 Å². The van der Waals surface area contributed by atoms with Crippen LogP contribution in [0.2, 0.25) is 0 Å². The van der Waals surface area contributed by atoms with Gasteiger partial charge in [-0.2, -0.15) is 0 Å². The van der Waals surface area contributed by atoms with Gasteiger partial charge in [-0.1, -0.05) is 24.6 Å². The average molecular weight is 221 g/mol. The SMILES string of the molecule is Cc1ccc(C(C)F)cc1C1(CN)CCC1. The molecule has 2 rings (SSSR count). The third-order valence-corrected chi connectivity index (χ3v) is 3.99. The topological polar surface area (TPSA) is 26.0 Å². The third kappa shape index (κ3) is 1.75. The summed E-state index contributed by atoms with van der Waals surface area (Å²) in [6.45, 7) is 4.36. The molecule has 0 amide bonds. The number of alkyl halides is 1. The molecule has 1 unspecified atom stereocenters. The van der Waals surface area contributed by atoms with E-state index in [9.17, 15) is 4.39 Å². The second-order valence-corrected chi connectivity index (χ2v) is 5.03. The van der Waals surface area contributed by atoms with Crippen molar-refractivity contribution >= 4 is 0 Å². The first-order valence-corrected chi connectivity index (χ1v) is 6.04. The largest absolute Gasteiger partial charge is 0.330 e. The van der Waals surface area contributed by atoms with Crippen molar-refractivity contribution in [1.29, 1.82) is 0 Å². The highest BCUT2D eigenvalue weighted by atomic mass is 19.1. The van der Waals surface area contributed by atoms with Crippen LogP contribution < -0.4 is 5.73 Å². The first-order valence-electron chi connectivity index (χ1n) is 6.04. The highest BCUT2D eigenvalue weighted by Gasteiger charge is 2.38. The van der Waals surface area contributed by atoms with Crippen LogP contribution in [-0.4, -0.2) is 6.54 Å². The molecule has 1 aliphatic rings. The lowest BCUT2D eigenvalue weighted by molar-refractivity contribution is 0.251. The molecule has 1 atom stereocenters. The van der Waals surface area contributed by atoms with Crippen LogP contribution >= 0.6 is 0 Å². The Bertz CT molecular complexity index is 375. The van der Waals surface area contributed by atoms with Crippen LogP contribution in [0, 0.1) is 6.92 Å². The van der Waals surface area contributed by atoms with Gasteiger partial charge in [-0.15, -0.1) is 0 Å². The monoisotopic (exact) mass is 221 g/mol. The van der Waals surface area contributed by atoms with Crippen LogP contribution in [0.5, 0.6) is 0 Å². The number of hydrogen-bond donors (Lipinski definition) is 1. The first-order chi connectivity index (χ1) is 7.59. The third-order valence-electron chi connectivity index (χ3n) is 3.99. The zero-order chi connectivity index (χ0) is 11.8. The fourth-order valence-electron chi connectivity index (χ4n) is 2.65. The van der Waals surface area contributed by atoms with Gasteiger partial charge in [0, 0.05) is 12.0 Å². The van der Waals surface area contributed by atoms with Crippen LogP contribution in [0.3, 0.4) is 0 Å². The normalized spacial score (nSPS) is 20.2. The second kappa shape index (κ2) is 4.17. The van der Waals surface area contributed by atoms with E-state index in [0.717, 1.165) is 18.4 Å². The molecule has 1 fully saturated rings. The standard InChI is InChI=1S/C14H20FN/c1-10-4-5-12(11(2)15)8-13(10)14(9-16)6-3-7-14/h4-5,8,11H,3,6-7,9,16H2,1-2H3. The Morgan fingerprint density at radius 3 is 2.56 bits per heavy atom. The maximum atomic E-state index is 13.3. The molecule has 2 heteroatoms. The molecule has 16 heavy (non-hydrogen) atoms. The lowest BCUT2D eigenvalue weighted by Crippen LogP contribution is -2.42.